The third-order valence-corrected chi connectivity index (χ3v) is 5.64. The van der Waals surface area contributed by atoms with Gasteiger partial charge in [-0.3, -0.25) is 0 Å². The maximum atomic E-state index is 12.5. The maximum absolute atomic E-state index is 12.5. The summed E-state index contributed by atoms with van der Waals surface area (Å²) in [5.74, 6) is -0.536. The number of allylic oxidation sites excluding steroid dienone is 1. The van der Waals surface area contributed by atoms with Crippen molar-refractivity contribution in [2.24, 2.45) is 5.73 Å². The number of nitriles is 1. The van der Waals surface area contributed by atoms with Crippen LogP contribution in [0.1, 0.15) is 33.0 Å². The molecule has 7 heteroatoms. The van der Waals surface area contributed by atoms with Gasteiger partial charge in [-0.15, -0.1) is 0 Å². The van der Waals surface area contributed by atoms with Crippen LogP contribution in [0.3, 0.4) is 0 Å². The molecule has 1 heterocycles. The summed E-state index contributed by atoms with van der Waals surface area (Å²) in [5, 5.41) is 10.5. The molecule has 0 amide bonds. The molecule has 154 valence electrons. The number of nitrogens with two attached hydrogens (primary N) is 1. The second kappa shape index (κ2) is 8.35. The van der Waals surface area contributed by atoms with Gasteiger partial charge in [0, 0.05) is 27.2 Å². The van der Waals surface area contributed by atoms with E-state index in [0.29, 0.717) is 32.5 Å². The van der Waals surface area contributed by atoms with Gasteiger partial charge in [0.05, 0.1) is 11.5 Å². The van der Waals surface area contributed by atoms with E-state index < -0.39 is 11.9 Å². The van der Waals surface area contributed by atoms with Gasteiger partial charge >= 0.3 is 5.97 Å². The average Bonchev–Trinajstić information content (AvgIpc) is 2.73. The summed E-state index contributed by atoms with van der Waals surface area (Å²) in [4.78, 5) is 12.5. The van der Waals surface area contributed by atoms with Gasteiger partial charge in [0.2, 0.25) is 5.88 Å². The third-order valence-electron chi connectivity index (χ3n) is 4.98. The van der Waals surface area contributed by atoms with Crippen LogP contribution in [0.15, 0.2) is 72.1 Å². The molecule has 5 nitrogen and oxygen atoms in total. The van der Waals surface area contributed by atoms with Crippen molar-refractivity contribution in [2.75, 3.05) is 0 Å². The fourth-order valence-electron chi connectivity index (χ4n) is 3.44. The highest BCUT2D eigenvalue weighted by molar-refractivity contribution is 6.36. The monoisotopic (exact) mass is 450 g/mol. The van der Waals surface area contributed by atoms with Crippen molar-refractivity contribution in [1.82, 2.24) is 0 Å². The molecule has 1 aliphatic heterocycles. The molecule has 1 atom stereocenters. The van der Waals surface area contributed by atoms with Crippen LogP contribution in [0, 0.1) is 18.3 Å². The molecule has 0 spiro atoms. The molecule has 0 saturated carbocycles. The van der Waals surface area contributed by atoms with Crippen molar-refractivity contribution in [2.45, 2.75) is 12.8 Å². The number of rotatable bonds is 3. The molecular weight excluding hydrogens is 435 g/mol. The van der Waals surface area contributed by atoms with E-state index in [1.165, 1.54) is 0 Å². The zero-order valence-corrected chi connectivity index (χ0v) is 17.9. The number of hydrogen-bond acceptors (Lipinski definition) is 5. The lowest BCUT2D eigenvalue weighted by Crippen LogP contribution is -2.21. The number of ether oxygens (including phenoxy) is 2. The molecule has 3 aromatic rings. The van der Waals surface area contributed by atoms with E-state index in [0.717, 1.165) is 5.56 Å². The maximum Gasteiger partial charge on any atom is 0.343 e. The zero-order valence-electron chi connectivity index (χ0n) is 16.4. The number of fused-ring (bicyclic) bond motifs is 1. The van der Waals surface area contributed by atoms with E-state index in [1.807, 2.05) is 19.1 Å². The van der Waals surface area contributed by atoms with E-state index in [-0.39, 0.29) is 17.2 Å². The Hall–Kier alpha value is -3.46. The zero-order chi connectivity index (χ0) is 22.1. The van der Waals surface area contributed by atoms with E-state index in [2.05, 4.69) is 6.07 Å². The Bertz CT molecular complexity index is 1240. The van der Waals surface area contributed by atoms with Crippen LogP contribution in [0.2, 0.25) is 10.0 Å². The van der Waals surface area contributed by atoms with E-state index in [4.69, 9.17) is 38.4 Å². The van der Waals surface area contributed by atoms with Gasteiger partial charge in [0.1, 0.15) is 23.1 Å². The standard InChI is InChI=1S/C24H16Cl2N2O3/c1-13-5-7-14(8-6-13)24(29)30-15-9-10-16-20(11-15)31-23(28)17(12-27)21(16)22-18(25)3-2-4-19(22)26/h2-11,21H,28H2,1H3. The number of carbonyl (C=O) groups excluding carboxylic acids is 1. The predicted molar refractivity (Wildman–Crippen MR) is 118 cm³/mol. The number of aryl methyl sites for hydroxylation is 1. The molecule has 2 N–H and O–H groups in total. The van der Waals surface area contributed by atoms with Crippen molar-refractivity contribution in [1.29, 1.82) is 5.26 Å². The van der Waals surface area contributed by atoms with Crippen LogP contribution in [-0.4, -0.2) is 5.97 Å². The first-order valence-corrected chi connectivity index (χ1v) is 10.1. The molecule has 0 saturated heterocycles. The van der Waals surface area contributed by atoms with Crippen LogP contribution in [0.25, 0.3) is 0 Å². The lowest BCUT2D eigenvalue weighted by molar-refractivity contribution is 0.0734. The van der Waals surface area contributed by atoms with Gasteiger partial charge in [0.25, 0.3) is 0 Å². The highest BCUT2D eigenvalue weighted by Crippen LogP contribution is 2.47. The normalized spacial score (nSPS) is 15.0. The molecule has 31 heavy (non-hydrogen) atoms. The summed E-state index contributed by atoms with van der Waals surface area (Å²) in [6.07, 6.45) is 0. The van der Waals surface area contributed by atoms with Crippen molar-refractivity contribution >= 4 is 29.2 Å². The first kappa shape index (κ1) is 20.8. The summed E-state index contributed by atoms with van der Waals surface area (Å²) in [6.45, 7) is 1.94. The minimum Gasteiger partial charge on any atom is -0.440 e. The largest absolute Gasteiger partial charge is 0.440 e. The Kier molecular flexibility index (Phi) is 5.60. The van der Waals surface area contributed by atoms with E-state index in [1.54, 1.807) is 48.5 Å². The molecule has 0 radical (unpaired) electrons. The van der Waals surface area contributed by atoms with E-state index >= 15 is 0 Å². The summed E-state index contributed by atoms with van der Waals surface area (Å²) in [6, 6.07) is 19.2. The van der Waals surface area contributed by atoms with Gasteiger partial charge in [-0.05, 0) is 37.3 Å². The highest BCUT2D eigenvalue weighted by Gasteiger charge is 2.33. The Morgan fingerprint density at radius 1 is 1.10 bits per heavy atom. The third kappa shape index (κ3) is 3.96. The summed E-state index contributed by atoms with van der Waals surface area (Å²) in [5.41, 5.74) is 8.89. The smallest absolute Gasteiger partial charge is 0.343 e. The number of benzene rings is 3. The molecule has 0 aliphatic carbocycles. The highest BCUT2D eigenvalue weighted by atomic mass is 35.5. The van der Waals surface area contributed by atoms with Gasteiger partial charge in [-0.2, -0.15) is 5.26 Å². The molecule has 4 rings (SSSR count). The fraction of sp³-hybridized carbons (Fsp3) is 0.0833. The molecule has 0 fully saturated rings. The summed E-state index contributed by atoms with van der Waals surface area (Å²) in [7, 11) is 0. The van der Waals surface area contributed by atoms with Crippen LogP contribution < -0.4 is 15.2 Å². The lowest BCUT2D eigenvalue weighted by atomic mass is 9.83. The fourth-order valence-corrected chi connectivity index (χ4v) is 4.05. The number of nitrogens with zero attached hydrogens (tertiary/aromatic N) is 1. The minimum atomic E-state index is -0.614. The second-order valence-electron chi connectivity index (χ2n) is 7.02. The summed E-state index contributed by atoms with van der Waals surface area (Å²) < 4.78 is 11.2. The SMILES string of the molecule is Cc1ccc(C(=O)Oc2ccc3c(c2)OC(N)=C(C#N)C3c2c(Cl)cccc2Cl)cc1. The Morgan fingerprint density at radius 2 is 1.77 bits per heavy atom. The van der Waals surface area contributed by atoms with Crippen molar-refractivity contribution in [3.8, 4) is 17.6 Å². The Balaban J connectivity index is 1.73. The number of esters is 1. The van der Waals surface area contributed by atoms with Crippen LogP contribution in [0.4, 0.5) is 0 Å². The van der Waals surface area contributed by atoms with Gasteiger partial charge in [-0.1, -0.05) is 53.0 Å². The Morgan fingerprint density at radius 3 is 2.42 bits per heavy atom. The van der Waals surface area contributed by atoms with Crippen LogP contribution in [-0.2, 0) is 0 Å². The molecular formula is C24H16Cl2N2O3. The first-order chi connectivity index (χ1) is 14.9. The molecule has 0 aromatic heterocycles. The molecule has 1 unspecified atom stereocenters. The lowest BCUT2D eigenvalue weighted by Gasteiger charge is -2.27. The van der Waals surface area contributed by atoms with E-state index in [9.17, 15) is 10.1 Å². The Labute approximate surface area is 189 Å². The average molecular weight is 451 g/mol. The first-order valence-electron chi connectivity index (χ1n) is 9.33. The quantitative estimate of drug-likeness (QED) is 0.406. The van der Waals surface area contributed by atoms with Gasteiger partial charge in [0.15, 0.2) is 0 Å². The predicted octanol–water partition coefficient (Wildman–Crippen LogP) is 5.74. The van der Waals surface area contributed by atoms with Crippen molar-refractivity contribution < 1.29 is 14.3 Å². The van der Waals surface area contributed by atoms with Gasteiger partial charge in [-0.25, -0.2) is 4.79 Å². The van der Waals surface area contributed by atoms with Crippen molar-refractivity contribution in [3.05, 3.63) is 104 Å². The van der Waals surface area contributed by atoms with Crippen LogP contribution >= 0.6 is 23.2 Å². The molecule has 3 aromatic carbocycles. The number of hydrogen-bond donors (Lipinski definition) is 1. The summed E-state index contributed by atoms with van der Waals surface area (Å²) >= 11 is 12.8. The topological polar surface area (TPSA) is 85.3 Å². The number of halogens is 2. The second-order valence-corrected chi connectivity index (χ2v) is 7.83. The molecule has 1 aliphatic rings. The van der Waals surface area contributed by atoms with Gasteiger partial charge < -0.3 is 15.2 Å². The molecule has 0 bridgehead atoms. The number of carbonyl (C=O) groups is 1. The minimum absolute atomic E-state index is 0.0574. The van der Waals surface area contributed by atoms with Crippen LogP contribution in [0.5, 0.6) is 11.5 Å². The van der Waals surface area contributed by atoms with Crippen molar-refractivity contribution in [3.63, 3.8) is 0 Å².